The van der Waals surface area contributed by atoms with E-state index >= 15 is 0 Å². The van der Waals surface area contributed by atoms with Crippen molar-refractivity contribution < 1.29 is 14.3 Å². The second-order valence-corrected chi connectivity index (χ2v) is 7.44. The number of nitrogens with zero attached hydrogens (tertiary/aromatic N) is 1. The SMILES string of the molecule is CCOc1cccc(N2C(=O)C(Nc3ccc(C)cc3C)=C(c3ccccc3)C2=O)c1. The molecule has 0 saturated carbocycles. The van der Waals surface area contributed by atoms with Crippen molar-refractivity contribution in [2.45, 2.75) is 20.8 Å². The van der Waals surface area contributed by atoms with Gasteiger partial charge in [0.05, 0.1) is 17.9 Å². The summed E-state index contributed by atoms with van der Waals surface area (Å²) in [5.41, 5.74) is 4.71. The molecule has 0 aliphatic carbocycles. The average Bonchev–Trinajstić information content (AvgIpc) is 3.00. The third-order valence-electron chi connectivity index (χ3n) is 5.17. The molecule has 0 radical (unpaired) electrons. The number of anilines is 2. The summed E-state index contributed by atoms with van der Waals surface area (Å²) in [5, 5.41) is 3.24. The standard InChI is InChI=1S/C26H24N2O3/c1-4-31-21-12-8-11-20(16-21)28-25(29)23(19-9-6-5-7-10-19)24(26(28)30)27-22-14-13-17(2)15-18(22)3/h5-16,27H,4H2,1-3H3. The molecule has 4 rings (SSSR count). The highest BCUT2D eigenvalue weighted by molar-refractivity contribution is 6.46. The van der Waals surface area contributed by atoms with E-state index in [1.54, 1.807) is 24.3 Å². The van der Waals surface area contributed by atoms with Crippen LogP contribution in [0.15, 0.2) is 78.5 Å². The van der Waals surface area contributed by atoms with Crippen molar-refractivity contribution in [2.24, 2.45) is 0 Å². The van der Waals surface area contributed by atoms with Crippen LogP contribution in [0.2, 0.25) is 0 Å². The van der Waals surface area contributed by atoms with Crippen LogP contribution < -0.4 is 15.0 Å². The molecule has 156 valence electrons. The van der Waals surface area contributed by atoms with E-state index in [4.69, 9.17) is 4.74 Å². The Morgan fingerprint density at radius 1 is 0.871 bits per heavy atom. The number of imide groups is 1. The van der Waals surface area contributed by atoms with Crippen molar-refractivity contribution in [2.75, 3.05) is 16.8 Å². The van der Waals surface area contributed by atoms with Gasteiger partial charge in [0.25, 0.3) is 11.8 Å². The number of carbonyl (C=O) groups excluding carboxylic acids is 2. The molecule has 1 N–H and O–H groups in total. The van der Waals surface area contributed by atoms with Crippen LogP contribution >= 0.6 is 0 Å². The zero-order chi connectivity index (χ0) is 22.0. The fourth-order valence-corrected chi connectivity index (χ4v) is 3.72. The number of hydrogen-bond acceptors (Lipinski definition) is 4. The molecular formula is C26H24N2O3. The first-order chi connectivity index (χ1) is 15.0. The number of rotatable bonds is 6. The lowest BCUT2D eigenvalue weighted by molar-refractivity contribution is -0.120. The maximum atomic E-state index is 13.5. The molecule has 1 heterocycles. The quantitative estimate of drug-likeness (QED) is 0.573. The van der Waals surface area contributed by atoms with E-state index < -0.39 is 5.91 Å². The smallest absolute Gasteiger partial charge is 0.282 e. The Morgan fingerprint density at radius 3 is 2.35 bits per heavy atom. The van der Waals surface area contributed by atoms with Gasteiger partial charge in [-0.15, -0.1) is 0 Å². The minimum absolute atomic E-state index is 0.268. The highest BCUT2D eigenvalue weighted by Gasteiger charge is 2.40. The van der Waals surface area contributed by atoms with Crippen LogP contribution in [0.3, 0.4) is 0 Å². The summed E-state index contributed by atoms with van der Waals surface area (Å²) in [5.74, 6) is -0.146. The Morgan fingerprint density at radius 2 is 1.65 bits per heavy atom. The van der Waals surface area contributed by atoms with Crippen molar-refractivity contribution in [3.05, 3.63) is 95.2 Å². The number of benzene rings is 3. The van der Waals surface area contributed by atoms with E-state index in [1.807, 2.05) is 69.3 Å². The van der Waals surface area contributed by atoms with Gasteiger partial charge in [-0.05, 0) is 50.1 Å². The van der Waals surface area contributed by atoms with Gasteiger partial charge in [-0.3, -0.25) is 9.59 Å². The first-order valence-electron chi connectivity index (χ1n) is 10.2. The van der Waals surface area contributed by atoms with Gasteiger partial charge in [0, 0.05) is 11.8 Å². The van der Waals surface area contributed by atoms with Gasteiger partial charge in [0.1, 0.15) is 11.4 Å². The molecule has 0 aromatic heterocycles. The Balaban J connectivity index is 1.80. The highest BCUT2D eigenvalue weighted by Crippen LogP contribution is 2.35. The summed E-state index contributed by atoms with van der Waals surface area (Å²) in [6, 6.07) is 22.2. The monoisotopic (exact) mass is 412 g/mol. The summed E-state index contributed by atoms with van der Waals surface area (Å²) >= 11 is 0. The average molecular weight is 412 g/mol. The minimum Gasteiger partial charge on any atom is -0.494 e. The van der Waals surface area contributed by atoms with Crippen LogP contribution in [-0.2, 0) is 9.59 Å². The van der Waals surface area contributed by atoms with Crippen LogP contribution in [-0.4, -0.2) is 18.4 Å². The van der Waals surface area contributed by atoms with Crippen molar-refractivity contribution in [3.8, 4) is 5.75 Å². The van der Waals surface area contributed by atoms with Gasteiger partial charge >= 0.3 is 0 Å². The summed E-state index contributed by atoms with van der Waals surface area (Å²) in [4.78, 5) is 28.2. The number of nitrogens with one attached hydrogen (secondary N) is 1. The normalized spacial score (nSPS) is 13.7. The highest BCUT2D eigenvalue weighted by atomic mass is 16.5. The topological polar surface area (TPSA) is 58.6 Å². The summed E-state index contributed by atoms with van der Waals surface area (Å²) < 4.78 is 5.56. The summed E-state index contributed by atoms with van der Waals surface area (Å²) in [6.07, 6.45) is 0. The maximum Gasteiger partial charge on any atom is 0.282 e. The molecule has 3 aromatic carbocycles. The van der Waals surface area contributed by atoms with Crippen molar-refractivity contribution in [1.29, 1.82) is 0 Å². The number of aryl methyl sites for hydroxylation is 2. The third kappa shape index (κ3) is 3.94. The maximum absolute atomic E-state index is 13.5. The van der Waals surface area contributed by atoms with E-state index in [0.717, 1.165) is 16.8 Å². The molecule has 1 aliphatic heterocycles. The van der Waals surface area contributed by atoms with Gasteiger partial charge in [0.2, 0.25) is 0 Å². The van der Waals surface area contributed by atoms with E-state index in [1.165, 1.54) is 4.90 Å². The second-order valence-electron chi connectivity index (χ2n) is 7.44. The summed E-state index contributed by atoms with van der Waals surface area (Å²) in [6.45, 7) is 6.38. The number of ether oxygens (including phenoxy) is 1. The predicted octanol–water partition coefficient (Wildman–Crippen LogP) is 5.10. The first-order valence-corrected chi connectivity index (χ1v) is 10.2. The second kappa shape index (κ2) is 8.48. The molecule has 0 atom stereocenters. The van der Waals surface area contributed by atoms with E-state index in [2.05, 4.69) is 5.32 Å². The van der Waals surface area contributed by atoms with Gasteiger partial charge < -0.3 is 10.1 Å². The largest absolute Gasteiger partial charge is 0.494 e. The van der Waals surface area contributed by atoms with Gasteiger partial charge in [-0.25, -0.2) is 4.90 Å². The molecule has 5 heteroatoms. The van der Waals surface area contributed by atoms with E-state index in [0.29, 0.717) is 29.2 Å². The lowest BCUT2D eigenvalue weighted by atomic mass is 10.0. The molecule has 0 unspecified atom stereocenters. The molecule has 3 aromatic rings. The molecule has 0 fully saturated rings. The Kier molecular flexibility index (Phi) is 5.58. The van der Waals surface area contributed by atoms with Gasteiger partial charge in [0.15, 0.2) is 0 Å². The van der Waals surface area contributed by atoms with Crippen LogP contribution in [0.1, 0.15) is 23.6 Å². The van der Waals surface area contributed by atoms with Crippen LogP contribution in [0, 0.1) is 13.8 Å². The van der Waals surface area contributed by atoms with Gasteiger partial charge in [-0.2, -0.15) is 0 Å². The molecule has 2 amide bonds. The van der Waals surface area contributed by atoms with Crippen molar-refractivity contribution >= 4 is 28.8 Å². The number of hydrogen-bond donors (Lipinski definition) is 1. The fourth-order valence-electron chi connectivity index (χ4n) is 3.72. The predicted molar refractivity (Wildman–Crippen MR) is 123 cm³/mol. The lowest BCUT2D eigenvalue weighted by Crippen LogP contribution is -2.32. The number of amides is 2. The zero-order valence-corrected chi connectivity index (χ0v) is 17.8. The molecule has 0 saturated heterocycles. The molecular weight excluding hydrogens is 388 g/mol. The van der Waals surface area contributed by atoms with Crippen molar-refractivity contribution in [3.63, 3.8) is 0 Å². The first kappa shape index (κ1) is 20.4. The molecule has 1 aliphatic rings. The summed E-state index contributed by atoms with van der Waals surface area (Å²) in [7, 11) is 0. The number of carbonyl (C=O) groups is 2. The third-order valence-corrected chi connectivity index (χ3v) is 5.17. The van der Waals surface area contributed by atoms with Crippen LogP contribution in [0.4, 0.5) is 11.4 Å². The fraction of sp³-hybridized carbons (Fsp3) is 0.154. The zero-order valence-electron chi connectivity index (χ0n) is 17.8. The van der Waals surface area contributed by atoms with Crippen LogP contribution in [0.5, 0.6) is 5.75 Å². The Hall–Kier alpha value is -3.86. The molecule has 0 bridgehead atoms. The van der Waals surface area contributed by atoms with Crippen molar-refractivity contribution in [1.82, 2.24) is 0 Å². The minimum atomic E-state index is -0.391. The van der Waals surface area contributed by atoms with Gasteiger partial charge in [-0.1, -0.05) is 54.1 Å². The Bertz CT molecular complexity index is 1180. The molecule has 5 nitrogen and oxygen atoms in total. The Labute approximate surface area is 182 Å². The van der Waals surface area contributed by atoms with E-state index in [9.17, 15) is 9.59 Å². The molecule has 31 heavy (non-hydrogen) atoms. The lowest BCUT2D eigenvalue weighted by Gasteiger charge is -2.17. The van der Waals surface area contributed by atoms with Crippen LogP contribution in [0.25, 0.3) is 5.57 Å². The van der Waals surface area contributed by atoms with E-state index in [-0.39, 0.29) is 11.6 Å². The molecule has 0 spiro atoms.